The maximum absolute atomic E-state index is 11.8. The van der Waals surface area contributed by atoms with Gasteiger partial charge in [0.2, 0.25) is 0 Å². The molecule has 136 valence electrons. The lowest BCUT2D eigenvalue weighted by Gasteiger charge is -2.24. The van der Waals surface area contributed by atoms with Crippen LogP contribution in [-0.2, 0) is 16.6 Å². The number of carbonyl (C=O) groups is 1. The van der Waals surface area contributed by atoms with Crippen molar-refractivity contribution in [3.8, 4) is 6.07 Å². The molecule has 1 N–H and O–H groups in total. The number of hydrogen-bond acceptors (Lipinski definition) is 5. The van der Waals surface area contributed by atoms with Gasteiger partial charge in [-0.1, -0.05) is 19.9 Å². The number of nitriles is 1. The van der Waals surface area contributed by atoms with Crippen molar-refractivity contribution in [1.29, 1.82) is 5.26 Å². The summed E-state index contributed by atoms with van der Waals surface area (Å²) in [6.07, 6.45) is 1.75. The van der Waals surface area contributed by atoms with Crippen molar-refractivity contribution in [1.82, 2.24) is 9.97 Å². The van der Waals surface area contributed by atoms with Crippen molar-refractivity contribution < 1.29 is 9.53 Å². The largest absolute Gasteiger partial charge is 0.444 e. The van der Waals surface area contributed by atoms with Crippen LogP contribution in [0.3, 0.4) is 0 Å². The van der Waals surface area contributed by atoms with Gasteiger partial charge >= 0.3 is 6.09 Å². The maximum atomic E-state index is 11.8. The van der Waals surface area contributed by atoms with Gasteiger partial charge in [0.25, 0.3) is 0 Å². The van der Waals surface area contributed by atoms with Crippen LogP contribution in [0.1, 0.15) is 51.7 Å². The second-order valence-corrected chi connectivity index (χ2v) is 7.75. The van der Waals surface area contributed by atoms with Gasteiger partial charge in [0, 0.05) is 23.2 Å². The third-order valence-corrected chi connectivity index (χ3v) is 3.65. The third kappa shape index (κ3) is 5.55. The Morgan fingerprint density at radius 3 is 2.50 bits per heavy atom. The van der Waals surface area contributed by atoms with Gasteiger partial charge in [-0.3, -0.25) is 10.3 Å². The Kier molecular flexibility index (Phi) is 5.61. The number of hydrogen-bond donors (Lipinski definition) is 1. The molecule has 6 nitrogen and oxygen atoms in total. The molecule has 0 aliphatic rings. The fourth-order valence-electron chi connectivity index (χ4n) is 2.44. The first kappa shape index (κ1) is 19.4. The molecule has 0 spiro atoms. The second-order valence-electron chi connectivity index (χ2n) is 7.75. The molecule has 2 heterocycles. The van der Waals surface area contributed by atoms with Crippen LogP contribution in [0.5, 0.6) is 0 Å². The van der Waals surface area contributed by atoms with E-state index in [-0.39, 0.29) is 5.41 Å². The SMILES string of the molecule is CC(C)(C)OC(=O)Nc1ccc(CC(C)(C)c2cccc(C#N)n2)nc1. The molecule has 0 unspecified atom stereocenters. The van der Waals surface area contributed by atoms with Crippen LogP contribution >= 0.6 is 0 Å². The van der Waals surface area contributed by atoms with Crippen LogP contribution in [-0.4, -0.2) is 21.7 Å². The topological polar surface area (TPSA) is 87.9 Å². The van der Waals surface area contributed by atoms with Gasteiger partial charge in [0.1, 0.15) is 17.4 Å². The first-order valence-corrected chi connectivity index (χ1v) is 8.42. The van der Waals surface area contributed by atoms with Crippen LogP contribution < -0.4 is 5.32 Å². The summed E-state index contributed by atoms with van der Waals surface area (Å²) in [5.74, 6) is 0. The Labute approximate surface area is 154 Å². The zero-order chi connectivity index (χ0) is 19.4. The van der Waals surface area contributed by atoms with E-state index in [4.69, 9.17) is 10.00 Å². The Morgan fingerprint density at radius 1 is 1.19 bits per heavy atom. The third-order valence-electron chi connectivity index (χ3n) is 3.65. The fraction of sp³-hybridized carbons (Fsp3) is 0.400. The van der Waals surface area contributed by atoms with E-state index in [0.29, 0.717) is 17.8 Å². The van der Waals surface area contributed by atoms with E-state index < -0.39 is 11.7 Å². The highest BCUT2D eigenvalue weighted by Crippen LogP contribution is 2.26. The Morgan fingerprint density at radius 2 is 1.92 bits per heavy atom. The summed E-state index contributed by atoms with van der Waals surface area (Å²) < 4.78 is 5.22. The minimum Gasteiger partial charge on any atom is -0.444 e. The number of amides is 1. The number of rotatable bonds is 4. The van der Waals surface area contributed by atoms with Gasteiger partial charge in [-0.15, -0.1) is 0 Å². The minimum absolute atomic E-state index is 0.278. The molecule has 0 aromatic carbocycles. The second kappa shape index (κ2) is 7.52. The zero-order valence-corrected chi connectivity index (χ0v) is 15.8. The molecule has 0 bridgehead atoms. The number of aromatic nitrogens is 2. The Balaban J connectivity index is 2.06. The fourth-order valence-corrected chi connectivity index (χ4v) is 2.44. The van der Waals surface area contributed by atoms with Gasteiger partial charge in [-0.25, -0.2) is 9.78 Å². The normalized spacial score (nSPS) is 11.5. The zero-order valence-electron chi connectivity index (χ0n) is 15.8. The van der Waals surface area contributed by atoms with Crippen LogP contribution in [0.2, 0.25) is 0 Å². The molecule has 0 fully saturated rings. The lowest BCUT2D eigenvalue weighted by atomic mass is 9.83. The lowest BCUT2D eigenvalue weighted by Crippen LogP contribution is -2.27. The number of pyridine rings is 2. The van der Waals surface area contributed by atoms with Crippen LogP contribution in [0, 0.1) is 11.3 Å². The molecule has 0 radical (unpaired) electrons. The molecule has 0 aliphatic carbocycles. The minimum atomic E-state index is -0.549. The summed E-state index contributed by atoms with van der Waals surface area (Å²) in [5.41, 5.74) is 1.86. The van der Waals surface area contributed by atoms with E-state index in [1.807, 2.05) is 39.0 Å². The average Bonchev–Trinajstić information content (AvgIpc) is 2.55. The summed E-state index contributed by atoms with van der Waals surface area (Å²) in [7, 11) is 0. The highest BCUT2D eigenvalue weighted by molar-refractivity contribution is 5.84. The maximum Gasteiger partial charge on any atom is 0.412 e. The van der Waals surface area contributed by atoms with Crippen molar-refractivity contribution in [3.05, 3.63) is 53.6 Å². The number of nitrogens with zero attached hydrogens (tertiary/aromatic N) is 3. The first-order valence-electron chi connectivity index (χ1n) is 8.42. The summed E-state index contributed by atoms with van der Waals surface area (Å²) in [4.78, 5) is 20.6. The molecule has 0 aliphatic heterocycles. The van der Waals surface area contributed by atoms with Crippen molar-refractivity contribution >= 4 is 11.8 Å². The van der Waals surface area contributed by atoms with E-state index in [2.05, 4.69) is 35.2 Å². The van der Waals surface area contributed by atoms with Crippen molar-refractivity contribution in [3.63, 3.8) is 0 Å². The standard InChI is InChI=1S/C20H24N4O2/c1-19(2,3)26-18(25)24-16-10-9-14(22-13-16)11-20(4,5)17-8-6-7-15(12-21)23-17/h6-10,13H,11H2,1-5H3,(H,24,25). The molecule has 26 heavy (non-hydrogen) atoms. The van der Waals surface area contributed by atoms with Crippen molar-refractivity contribution in [2.75, 3.05) is 5.32 Å². The van der Waals surface area contributed by atoms with E-state index in [0.717, 1.165) is 11.4 Å². The number of ether oxygens (including phenoxy) is 1. The van der Waals surface area contributed by atoms with Gasteiger partial charge in [-0.05, 0) is 45.0 Å². The van der Waals surface area contributed by atoms with E-state index in [9.17, 15) is 4.79 Å². The first-order chi connectivity index (χ1) is 12.1. The Bertz CT molecular complexity index is 815. The van der Waals surface area contributed by atoms with Crippen LogP contribution in [0.4, 0.5) is 10.5 Å². The molecule has 2 aromatic rings. The smallest absolute Gasteiger partial charge is 0.412 e. The monoisotopic (exact) mass is 352 g/mol. The number of nitrogens with one attached hydrogen (secondary N) is 1. The molecule has 2 aromatic heterocycles. The highest BCUT2D eigenvalue weighted by atomic mass is 16.6. The van der Waals surface area contributed by atoms with Crippen LogP contribution in [0.15, 0.2) is 36.5 Å². The predicted molar refractivity (Wildman–Crippen MR) is 99.8 cm³/mol. The molecule has 2 rings (SSSR count). The van der Waals surface area contributed by atoms with Crippen molar-refractivity contribution in [2.45, 2.75) is 52.1 Å². The molecule has 1 amide bonds. The van der Waals surface area contributed by atoms with Crippen LogP contribution in [0.25, 0.3) is 0 Å². The molecule has 0 atom stereocenters. The number of anilines is 1. The quantitative estimate of drug-likeness (QED) is 0.890. The molecule has 6 heteroatoms. The molecular formula is C20H24N4O2. The average molecular weight is 352 g/mol. The Hall–Kier alpha value is -2.94. The van der Waals surface area contributed by atoms with Crippen molar-refractivity contribution in [2.24, 2.45) is 0 Å². The molecular weight excluding hydrogens is 328 g/mol. The van der Waals surface area contributed by atoms with E-state index in [1.54, 1.807) is 18.3 Å². The number of carbonyl (C=O) groups excluding carboxylic acids is 1. The van der Waals surface area contributed by atoms with Gasteiger partial charge in [-0.2, -0.15) is 5.26 Å². The lowest BCUT2D eigenvalue weighted by molar-refractivity contribution is 0.0636. The molecule has 0 saturated heterocycles. The summed E-state index contributed by atoms with van der Waals surface area (Å²) in [5, 5.41) is 11.7. The highest BCUT2D eigenvalue weighted by Gasteiger charge is 2.24. The predicted octanol–water partition coefficient (Wildman–Crippen LogP) is 4.22. The van der Waals surface area contributed by atoms with Gasteiger partial charge < -0.3 is 4.74 Å². The summed E-state index contributed by atoms with van der Waals surface area (Å²) in [6.45, 7) is 9.55. The summed E-state index contributed by atoms with van der Waals surface area (Å²) >= 11 is 0. The summed E-state index contributed by atoms with van der Waals surface area (Å²) in [6, 6.07) is 11.2. The van der Waals surface area contributed by atoms with E-state index in [1.165, 1.54) is 0 Å². The van der Waals surface area contributed by atoms with E-state index >= 15 is 0 Å². The molecule has 0 saturated carbocycles. The van der Waals surface area contributed by atoms with Gasteiger partial charge in [0.15, 0.2) is 0 Å². The van der Waals surface area contributed by atoms with Gasteiger partial charge in [0.05, 0.1) is 11.9 Å².